The van der Waals surface area contributed by atoms with Crippen LogP contribution in [0.1, 0.15) is 5.56 Å². The van der Waals surface area contributed by atoms with Gasteiger partial charge < -0.3 is 14.6 Å². The number of ether oxygens (including phenoxy) is 2. The van der Waals surface area contributed by atoms with Gasteiger partial charge in [-0.25, -0.2) is 8.78 Å². The molecule has 4 nitrogen and oxygen atoms in total. The van der Waals surface area contributed by atoms with Crippen LogP contribution in [0.3, 0.4) is 0 Å². The summed E-state index contributed by atoms with van der Waals surface area (Å²) >= 11 is 0. The Kier molecular flexibility index (Phi) is 8.63. The first-order valence-corrected chi connectivity index (χ1v) is 6.91. The SMILES string of the molecule is C#CCOC[C@H](O)CN(CCOC)Cc1ccc(F)cc1F. The van der Waals surface area contributed by atoms with E-state index in [2.05, 4.69) is 5.92 Å². The highest BCUT2D eigenvalue weighted by molar-refractivity contribution is 5.18. The molecule has 0 saturated heterocycles. The number of benzene rings is 1. The highest BCUT2D eigenvalue weighted by Gasteiger charge is 2.14. The predicted molar refractivity (Wildman–Crippen MR) is 79.2 cm³/mol. The third kappa shape index (κ3) is 6.96. The molecule has 0 aliphatic heterocycles. The van der Waals surface area contributed by atoms with Gasteiger partial charge in [-0.3, -0.25) is 4.90 Å². The number of rotatable bonds is 10. The topological polar surface area (TPSA) is 41.9 Å². The Hall–Kier alpha value is -1.52. The summed E-state index contributed by atoms with van der Waals surface area (Å²) in [6.07, 6.45) is 4.30. The van der Waals surface area contributed by atoms with Gasteiger partial charge in [-0.15, -0.1) is 6.42 Å². The number of methoxy groups -OCH3 is 1. The summed E-state index contributed by atoms with van der Waals surface area (Å²) in [5.74, 6) is 1.08. The number of hydrogen-bond acceptors (Lipinski definition) is 4. The van der Waals surface area contributed by atoms with Crippen LogP contribution in [0.5, 0.6) is 0 Å². The second kappa shape index (κ2) is 10.2. The van der Waals surface area contributed by atoms with Crippen LogP contribution in [0, 0.1) is 24.0 Å². The van der Waals surface area contributed by atoms with Crippen molar-refractivity contribution < 1.29 is 23.4 Å². The molecule has 22 heavy (non-hydrogen) atoms. The summed E-state index contributed by atoms with van der Waals surface area (Å²) in [7, 11) is 1.56. The Morgan fingerprint density at radius 1 is 1.41 bits per heavy atom. The zero-order valence-corrected chi connectivity index (χ0v) is 12.6. The van der Waals surface area contributed by atoms with E-state index in [4.69, 9.17) is 15.9 Å². The van der Waals surface area contributed by atoms with E-state index in [1.165, 1.54) is 12.1 Å². The van der Waals surface area contributed by atoms with Crippen molar-refractivity contribution in [1.82, 2.24) is 4.90 Å². The minimum atomic E-state index is -0.756. The lowest BCUT2D eigenvalue weighted by molar-refractivity contribution is 0.0205. The van der Waals surface area contributed by atoms with Gasteiger partial charge in [-0.1, -0.05) is 12.0 Å². The van der Waals surface area contributed by atoms with Crippen LogP contribution in [0.15, 0.2) is 18.2 Å². The fraction of sp³-hybridized carbons (Fsp3) is 0.500. The Morgan fingerprint density at radius 2 is 2.18 bits per heavy atom. The van der Waals surface area contributed by atoms with Crippen molar-refractivity contribution >= 4 is 0 Å². The first kappa shape index (κ1) is 18.5. The second-order valence-corrected chi connectivity index (χ2v) is 4.84. The zero-order valence-electron chi connectivity index (χ0n) is 12.6. The minimum Gasteiger partial charge on any atom is -0.389 e. The summed E-state index contributed by atoms with van der Waals surface area (Å²) in [5.41, 5.74) is 0.356. The summed E-state index contributed by atoms with van der Waals surface area (Å²) in [6.45, 7) is 1.66. The number of halogens is 2. The molecule has 0 aliphatic rings. The average Bonchev–Trinajstić information content (AvgIpc) is 2.47. The lowest BCUT2D eigenvalue weighted by Crippen LogP contribution is -2.36. The van der Waals surface area contributed by atoms with E-state index in [1.54, 1.807) is 7.11 Å². The van der Waals surface area contributed by atoms with Crippen molar-refractivity contribution in [3.05, 3.63) is 35.4 Å². The molecule has 0 aromatic heterocycles. The molecule has 122 valence electrons. The van der Waals surface area contributed by atoms with Crippen LogP contribution < -0.4 is 0 Å². The molecule has 0 unspecified atom stereocenters. The van der Waals surface area contributed by atoms with E-state index in [1.807, 2.05) is 4.90 Å². The Morgan fingerprint density at radius 3 is 2.82 bits per heavy atom. The molecular weight excluding hydrogens is 292 g/mol. The van der Waals surface area contributed by atoms with Gasteiger partial charge in [-0.05, 0) is 6.07 Å². The van der Waals surface area contributed by atoms with Gasteiger partial charge in [-0.2, -0.15) is 0 Å². The molecule has 0 fully saturated rings. The smallest absolute Gasteiger partial charge is 0.130 e. The first-order chi connectivity index (χ1) is 10.6. The number of nitrogens with zero attached hydrogens (tertiary/aromatic N) is 1. The lowest BCUT2D eigenvalue weighted by atomic mass is 10.2. The molecule has 6 heteroatoms. The predicted octanol–water partition coefficient (Wildman–Crippen LogP) is 1.42. The molecular formula is C16H21F2NO3. The Bertz CT molecular complexity index is 491. The largest absolute Gasteiger partial charge is 0.389 e. The van der Waals surface area contributed by atoms with E-state index in [0.717, 1.165) is 6.07 Å². The highest BCUT2D eigenvalue weighted by atomic mass is 19.1. The molecule has 0 amide bonds. The molecule has 0 bridgehead atoms. The normalized spacial score (nSPS) is 12.4. The molecule has 1 rings (SSSR count). The fourth-order valence-corrected chi connectivity index (χ4v) is 1.95. The lowest BCUT2D eigenvalue weighted by Gasteiger charge is -2.25. The molecule has 1 aromatic rings. The Labute approximate surface area is 129 Å². The molecule has 0 aliphatic carbocycles. The standard InChI is InChI=1S/C16H21F2NO3/c1-3-7-22-12-15(20)11-19(6-8-21-2)10-13-4-5-14(17)9-16(13)18/h1,4-5,9,15,20H,6-8,10-12H2,2H3/t15-/m1/s1. The van der Waals surface area contributed by atoms with Gasteiger partial charge >= 0.3 is 0 Å². The summed E-state index contributed by atoms with van der Waals surface area (Å²) < 4.78 is 36.7. The van der Waals surface area contributed by atoms with E-state index >= 15 is 0 Å². The summed E-state index contributed by atoms with van der Waals surface area (Å²) in [5, 5.41) is 9.91. The van der Waals surface area contributed by atoms with Crippen molar-refractivity contribution in [1.29, 1.82) is 0 Å². The van der Waals surface area contributed by atoms with Crippen molar-refractivity contribution in [2.75, 3.05) is 40.0 Å². The van der Waals surface area contributed by atoms with Crippen molar-refractivity contribution in [2.24, 2.45) is 0 Å². The molecule has 1 N–H and O–H groups in total. The molecule has 0 spiro atoms. The first-order valence-electron chi connectivity index (χ1n) is 6.91. The van der Waals surface area contributed by atoms with Gasteiger partial charge in [0.15, 0.2) is 0 Å². The van der Waals surface area contributed by atoms with Gasteiger partial charge in [0, 0.05) is 38.4 Å². The maximum absolute atomic E-state index is 13.7. The fourth-order valence-electron chi connectivity index (χ4n) is 1.95. The van der Waals surface area contributed by atoms with Crippen LogP contribution in [0.2, 0.25) is 0 Å². The Balaban J connectivity index is 2.61. The molecule has 0 heterocycles. The second-order valence-electron chi connectivity index (χ2n) is 4.84. The van der Waals surface area contributed by atoms with E-state index in [0.29, 0.717) is 18.7 Å². The monoisotopic (exact) mass is 313 g/mol. The third-order valence-electron chi connectivity index (χ3n) is 2.99. The third-order valence-corrected chi connectivity index (χ3v) is 2.99. The van der Waals surface area contributed by atoms with Gasteiger partial charge in [0.1, 0.15) is 18.2 Å². The van der Waals surface area contributed by atoms with Crippen LogP contribution in [0.4, 0.5) is 8.78 Å². The summed E-state index contributed by atoms with van der Waals surface area (Å²) in [6, 6.07) is 3.45. The quantitative estimate of drug-likeness (QED) is 0.524. The summed E-state index contributed by atoms with van der Waals surface area (Å²) in [4.78, 5) is 1.81. The average molecular weight is 313 g/mol. The van der Waals surface area contributed by atoms with Crippen LogP contribution in [-0.2, 0) is 16.0 Å². The van der Waals surface area contributed by atoms with E-state index in [-0.39, 0.29) is 26.3 Å². The van der Waals surface area contributed by atoms with E-state index < -0.39 is 17.7 Å². The molecule has 0 radical (unpaired) electrons. The van der Waals surface area contributed by atoms with Crippen LogP contribution in [-0.4, -0.2) is 56.1 Å². The molecule has 1 aromatic carbocycles. The maximum Gasteiger partial charge on any atom is 0.130 e. The number of terminal acetylenes is 1. The zero-order chi connectivity index (χ0) is 16.4. The van der Waals surface area contributed by atoms with Crippen molar-refractivity contribution in [2.45, 2.75) is 12.6 Å². The van der Waals surface area contributed by atoms with Crippen molar-refractivity contribution in [3.8, 4) is 12.3 Å². The van der Waals surface area contributed by atoms with E-state index in [9.17, 15) is 13.9 Å². The van der Waals surface area contributed by atoms with Crippen LogP contribution >= 0.6 is 0 Å². The molecule has 0 saturated carbocycles. The molecule has 1 atom stereocenters. The van der Waals surface area contributed by atoms with Gasteiger partial charge in [0.05, 0.1) is 19.3 Å². The van der Waals surface area contributed by atoms with Crippen molar-refractivity contribution in [3.63, 3.8) is 0 Å². The number of aliphatic hydroxyl groups is 1. The van der Waals surface area contributed by atoms with Gasteiger partial charge in [0.25, 0.3) is 0 Å². The number of hydrogen-bond donors (Lipinski definition) is 1. The number of aliphatic hydroxyl groups excluding tert-OH is 1. The minimum absolute atomic E-state index is 0.0968. The maximum atomic E-state index is 13.7. The van der Waals surface area contributed by atoms with Gasteiger partial charge in [0.2, 0.25) is 0 Å². The highest BCUT2D eigenvalue weighted by Crippen LogP contribution is 2.12. The van der Waals surface area contributed by atoms with Crippen LogP contribution in [0.25, 0.3) is 0 Å².